The van der Waals surface area contributed by atoms with Gasteiger partial charge in [0.25, 0.3) is 0 Å². The van der Waals surface area contributed by atoms with E-state index in [2.05, 4.69) is 15.9 Å². The highest BCUT2D eigenvalue weighted by atomic mass is 79.9. The van der Waals surface area contributed by atoms with E-state index in [9.17, 15) is 9.90 Å². The molecule has 4 nitrogen and oxygen atoms in total. The smallest absolute Gasteiger partial charge is 0.310 e. The standard InChI is InChI=1S/C18H23BrO4/c1-4-14(12-15(19)16(20)5-2)23-17-10-8-7-9-13(17)11-18(21)22-6-3/h7-10,12,20H,4-6,11H2,1-3H3/b14-12?,16-15-. The minimum absolute atomic E-state index is 0.165. The first kappa shape index (κ1) is 19.3. The Kier molecular flexibility index (Phi) is 8.48. The Balaban J connectivity index is 2.98. The molecule has 0 saturated heterocycles. The van der Waals surface area contributed by atoms with E-state index in [1.54, 1.807) is 13.0 Å². The fourth-order valence-electron chi connectivity index (χ4n) is 1.86. The van der Waals surface area contributed by atoms with E-state index in [0.717, 1.165) is 5.56 Å². The number of benzene rings is 1. The minimum atomic E-state index is -0.282. The first-order chi connectivity index (χ1) is 11.0. The molecule has 0 unspecified atom stereocenters. The summed E-state index contributed by atoms with van der Waals surface area (Å²) in [5.74, 6) is 1.28. The number of para-hydroxylation sites is 1. The van der Waals surface area contributed by atoms with Gasteiger partial charge in [-0.25, -0.2) is 0 Å². The first-order valence-corrected chi connectivity index (χ1v) is 8.50. The molecule has 0 aliphatic carbocycles. The highest BCUT2D eigenvalue weighted by molar-refractivity contribution is 9.11. The van der Waals surface area contributed by atoms with Crippen LogP contribution in [0.15, 0.2) is 46.3 Å². The first-order valence-electron chi connectivity index (χ1n) is 7.71. The van der Waals surface area contributed by atoms with Crippen LogP contribution in [0, 0.1) is 0 Å². The van der Waals surface area contributed by atoms with E-state index in [-0.39, 0.29) is 18.1 Å². The average Bonchev–Trinajstić information content (AvgIpc) is 2.55. The number of hydrogen-bond acceptors (Lipinski definition) is 4. The largest absolute Gasteiger partial charge is 0.511 e. The summed E-state index contributed by atoms with van der Waals surface area (Å²) in [5.41, 5.74) is 0.769. The molecule has 23 heavy (non-hydrogen) atoms. The van der Waals surface area contributed by atoms with Crippen molar-refractivity contribution in [1.29, 1.82) is 0 Å². The van der Waals surface area contributed by atoms with Crippen LogP contribution in [0.25, 0.3) is 0 Å². The zero-order chi connectivity index (χ0) is 17.2. The number of aliphatic hydroxyl groups is 1. The molecule has 1 aromatic rings. The Morgan fingerprint density at radius 1 is 1.22 bits per heavy atom. The molecule has 5 heteroatoms. The minimum Gasteiger partial charge on any atom is -0.511 e. The second-order valence-electron chi connectivity index (χ2n) is 4.80. The SMILES string of the molecule is CCOC(=O)Cc1ccccc1OC(=C/C(Br)=C(/O)CC)CC. The fourth-order valence-corrected chi connectivity index (χ4v) is 2.39. The summed E-state index contributed by atoms with van der Waals surface area (Å²) < 4.78 is 11.5. The molecular weight excluding hydrogens is 360 g/mol. The van der Waals surface area contributed by atoms with Crippen LogP contribution in [0.5, 0.6) is 5.75 Å². The third-order valence-electron chi connectivity index (χ3n) is 3.10. The van der Waals surface area contributed by atoms with Gasteiger partial charge in [0.05, 0.1) is 17.5 Å². The Morgan fingerprint density at radius 2 is 1.91 bits per heavy atom. The molecule has 126 valence electrons. The van der Waals surface area contributed by atoms with Gasteiger partial charge in [-0.05, 0) is 35.0 Å². The number of halogens is 1. The van der Waals surface area contributed by atoms with Crippen LogP contribution in [-0.4, -0.2) is 17.7 Å². The van der Waals surface area contributed by atoms with Crippen molar-refractivity contribution in [2.24, 2.45) is 0 Å². The van der Waals surface area contributed by atoms with Gasteiger partial charge in [0, 0.05) is 18.4 Å². The Labute approximate surface area is 145 Å². The normalized spacial score (nSPS) is 12.6. The van der Waals surface area contributed by atoms with Gasteiger partial charge in [-0.3, -0.25) is 4.79 Å². The summed E-state index contributed by atoms with van der Waals surface area (Å²) >= 11 is 3.34. The van der Waals surface area contributed by atoms with E-state index >= 15 is 0 Å². The number of rotatable bonds is 8. The van der Waals surface area contributed by atoms with Crippen molar-refractivity contribution in [3.05, 3.63) is 51.9 Å². The topological polar surface area (TPSA) is 55.8 Å². The van der Waals surface area contributed by atoms with Crippen LogP contribution in [0.1, 0.15) is 39.2 Å². The van der Waals surface area contributed by atoms with Crippen molar-refractivity contribution in [3.8, 4) is 5.75 Å². The Bertz CT molecular complexity index is 590. The summed E-state index contributed by atoms with van der Waals surface area (Å²) in [6.07, 6.45) is 3.10. The van der Waals surface area contributed by atoms with Gasteiger partial charge in [0.1, 0.15) is 17.3 Å². The lowest BCUT2D eigenvalue weighted by atomic mass is 10.1. The van der Waals surface area contributed by atoms with Crippen LogP contribution < -0.4 is 4.74 Å². The molecule has 1 rings (SSSR count). The Hall–Kier alpha value is -1.75. The van der Waals surface area contributed by atoms with E-state index in [0.29, 0.717) is 35.4 Å². The lowest BCUT2D eigenvalue weighted by Crippen LogP contribution is -2.09. The molecule has 0 saturated carbocycles. The Morgan fingerprint density at radius 3 is 2.52 bits per heavy atom. The summed E-state index contributed by atoms with van der Waals surface area (Å²) in [7, 11) is 0. The van der Waals surface area contributed by atoms with E-state index < -0.39 is 0 Å². The van der Waals surface area contributed by atoms with Crippen molar-refractivity contribution in [1.82, 2.24) is 0 Å². The van der Waals surface area contributed by atoms with Gasteiger partial charge >= 0.3 is 5.97 Å². The van der Waals surface area contributed by atoms with Gasteiger partial charge in [-0.2, -0.15) is 0 Å². The van der Waals surface area contributed by atoms with Crippen molar-refractivity contribution in [3.63, 3.8) is 0 Å². The van der Waals surface area contributed by atoms with E-state index in [1.807, 2.05) is 38.1 Å². The number of carbonyl (C=O) groups is 1. The highest BCUT2D eigenvalue weighted by Crippen LogP contribution is 2.24. The van der Waals surface area contributed by atoms with Gasteiger partial charge in [-0.1, -0.05) is 32.0 Å². The molecule has 0 aliphatic rings. The van der Waals surface area contributed by atoms with Crippen molar-refractivity contribution in [2.75, 3.05) is 6.61 Å². The number of carbonyl (C=O) groups excluding carboxylic acids is 1. The predicted molar refractivity (Wildman–Crippen MR) is 94.7 cm³/mol. The van der Waals surface area contributed by atoms with Crippen LogP contribution in [0.3, 0.4) is 0 Å². The molecule has 0 radical (unpaired) electrons. The van der Waals surface area contributed by atoms with Gasteiger partial charge < -0.3 is 14.6 Å². The quantitative estimate of drug-likeness (QED) is 0.388. The molecule has 0 bridgehead atoms. The summed E-state index contributed by atoms with van der Waals surface area (Å²) in [4.78, 5) is 11.7. The number of aliphatic hydroxyl groups excluding tert-OH is 1. The van der Waals surface area contributed by atoms with Crippen LogP contribution >= 0.6 is 15.9 Å². The number of ether oxygens (including phenoxy) is 2. The lowest BCUT2D eigenvalue weighted by molar-refractivity contribution is -0.142. The molecule has 0 spiro atoms. The summed E-state index contributed by atoms with van der Waals surface area (Å²) in [6, 6.07) is 7.37. The highest BCUT2D eigenvalue weighted by Gasteiger charge is 2.11. The molecule has 0 aromatic heterocycles. The zero-order valence-corrected chi connectivity index (χ0v) is 15.4. The second-order valence-corrected chi connectivity index (χ2v) is 5.66. The third kappa shape index (κ3) is 6.48. The lowest BCUT2D eigenvalue weighted by Gasteiger charge is -2.13. The predicted octanol–water partition coefficient (Wildman–Crippen LogP) is 5.04. The monoisotopic (exact) mass is 382 g/mol. The molecular formula is C18H23BrO4. The maximum Gasteiger partial charge on any atom is 0.310 e. The van der Waals surface area contributed by atoms with E-state index in [1.165, 1.54) is 0 Å². The van der Waals surface area contributed by atoms with E-state index in [4.69, 9.17) is 9.47 Å². The number of allylic oxidation sites excluding steroid dienone is 4. The molecule has 1 N–H and O–H groups in total. The van der Waals surface area contributed by atoms with Crippen molar-refractivity contribution in [2.45, 2.75) is 40.0 Å². The average molecular weight is 383 g/mol. The van der Waals surface area contributed by atoms with Crippen molar-refractivity contribution >= 4 is 21.9 Å². The molecule has 1 aromatic carbocycles. The zero-order valence-electron chi connectivity index (χ0n) is 13.8. The molecule has 0 aliphatic heterocycles. The number of esters is 1. The molecule has 0 fully saturated rings. The molecule has 0 heterocycles. The van der Waals surface area contributed by atoms with Gasteiger partial charge in [0.15, 0.2) is 0 Å². The van der Waals surface area contributed by atoms with Gasteiger partial charge in [-0.15, -0.1) is 0 Å². The van der Waals surface area contributed by atoms with Gasteiger partial charge in [0.2, 0.25) is 0 Å². The summed E-state index contributed by atoms with van der Waals surface area (Å²) in [6.45, 7) is 5.97. The van der Waals surface area contributed by atoms with Crippen LogP contribution in [0.4, 0.5) is 0 Å². The fraction of sp³-hybridized carbons (Fsp3) is 0.389. The second kappa shape index (κ2) is 10.1. The van der Waals surface area contributed by atoms with Crippen molar-refractivity contribution < 1.29 is 19.4 Å². The molecule has 0 amide bonds. The van der Waals surface area contributed by atoms with Crippen LogP contribution in [0.2, 0.25) is 0 Å². The maximum atomic E-state index is 11.7. The number of hydrogen-bond donors (Lipinski definition) is 1. The summed E-state index contributed by atoms with van der Waals surface area (Å²) in [5, 5.41) is 9.74. The maximum absolute atomic E-state index is 11.7. The third-order valence-corrected chi connectivity index (χ3v) is 3.79. The van der Waals surface area contributed by atoms with Crippen LogP contribution in [-0.2, 0) is 16.0 Å². The molecule has 0 atom stereocenters.